The summed E-state index contributed by atoms with van der Waals surface area (Å²) in [5, 5.41) is 4.12. The van der Waals surface area contributed by atoms with Gasteiger partial charge in [-0.1, -0.05) is 59.2 Å². The summed E-state index contributed by atoms with van der Waals surface area (Å²) in [4.78, 5) is 32.5. The van der Waals surface area contributed by atoms with Crippen molar-refractivity contribution in [3.63, 3.8) is 0 Å². The molecule has 1 heterocycles. The first-order valence-electron chi connectivity index (χ1n) is 10.8. The van der Waals surface area contributed by atoms with E-state index < -0.39 is 5.25 Å². The van der Waals surface area contributed by atoms with Crippen molar-refractivity contribution in [2.24, 2.45) is 4.99 Å². The molecule has 0 aromatic heterocycles. The molecule has 1 saturated heterocycles. The van der Waals surface area contributed by atoms with E-state index >= 15 is 0 Å². The first-order valence-corrected chi connectivity index (χ1v) is 12.4. The van der Waals surface area contributed by atoms with Crippen LogP contribution in [-0.4, -0.2) is 33.7 Å². The molecule has 0 bridgehead atoms. The summed E-state index contributed by atoms with van der Waals surface area (Å²) in [6.07, 6.45) is 0.742. The fraction of sp³-hybridized carbons (Fsp3) is 0.192. The molecule has 1 aliphatic rings. The van der Waals surface area contributed by atoms with Crippen LogP contribution in [0, 0.1) is 6.92 Å². The molecule has 0 saturated carbocycles. The van der Waals surface area contributed by atoms with Crippen LogP contribution < -0.4 is 5.32 Å². The van der Waals surface area contributed by atoms with Gasteiger partial charge < -0.3 is 5.32 Å². The molecule has 5 nitrogen and oxygen atoms in total. The van der Waals surface area contributed by atoms with E-state index in [4.69, 9.17) is 28.2 Å². The molecule has 1 unspecified atom stereocenters. The second-order valence-corrected chi connectivity index (χ2v) is 10.0. The highest BCUT2D eigenvalue weighted by Gasteiger charge is 2.35. The first-order chi connectivity index (χ1) is 16.4. The van der Waals surface area contributed by atoms with E-state index in [0.29, 0.717) is 39.6 Å². The van der Waals surface area contributed by atoms with E-state index in [1.807, 2.05) is 55.5 Å². The molecule has 1 aliphatic heterocycles. The minimum atomic E-state index is -0.578. The highest BCUT2D eigenvalue weighted by Crippen LogP contribution is 2.30. The maximum Gasteiger partial charge on any atom is 0.238 e. The zero-order chi connectivity index (χ0) is 24.1. The molecule has 1 atom stereocenters. The predicted octanol–water partition coefficient (Wildman–Crippen LogP) is 6.50. The van der Waals surface area contributed by atoms with Crippen LogP contribution in [0.3, 0.4) is 0 Å². The third-order valence-electron chi connectivity index (χ3n) is 5.31. The molecule has 1 N–H and O–H groups in total. The number of nitrogens with zero attached hydrogens (tertiary/aromatic N) is 2. The number of amides is 2. The number of benzene rings is 3. The molecule has 1 fully saturated rings. The van der Waals surface area contributed by atoms with Gasteiger partial charge in [-0.25, -0.2) is 4.99 Å². The van der Waals surface area contributed by atoms with Crippen molar-refractivity contribution in [3.8, 4) is 0 Å². The van der Waals surface area contributed by atoms with Crippen LogP contribution in [0.4, 0.5) is 11.4 Å². The smallest absolute Gasteiger partial charge is 0.238 e. The molecular weight excluding hydrogens is 489 g/mol. The summed E-state index contributed by atoms with van der Waals surface area (Å²) in [5.41, 5.74) is 3.48. The average molecular weight is 512 g/mol. The minimum Gasteiger partial charge on any atom is -0.325 e. The lowest BCUT2D eigenvalue weighted by Crippen LogP contribution is -2.46. The zero-order valence-electron chi connectivity index (χ0n) is 18.5. The lowest BCUT2D eigenvalue weighted by Gasteiger charge is -2.32. The first kappa shape index (κ1) is 24.3. The molecule has 8 heteroatoms. The topological polar surface area (TPSA) is 61.8 Å². The third kappa shape index (κ3) is 6.41. The Labute approximate surface area is 213 Å². The van der Waals surface area contributed by atoms with Gasteiger partial charge in [-0.2, -0.15) is 0 Å². The van der Waals surface area contributed by atoms with E-state index in [2.05, 4.69) is 5.32 Å². The van der Waals surface area contributed by atoms with Gasteiger partial charge in [0.25, 0.3) is 0 Å². The number of halogens is 2. The molecule has 3 aromatic rings. The molecule has 4 rings (SSSR count). The zero-order valence-corrected chi connectivity index (χ0v) is 20.8. The van der Waals surface area contributed by atoms with Crippen LogP contribution in [0.15, 0.2) is 77.8 Å². The highest BCUT2D eigenvalue weighted by atomic mass is 35.5. The van der Waals surface area contributed by atoms with E-state index in [9.17, 15) is 9.59 Å². The predicted molar refractivity (Wildman–Crippen MR) is 141 cm³/mol. The van der Waals surface area contributed by atoms with Crippen molar-refractivity contribution in [3.05, 3.63) is 94.0 Å². The van der Waals surface area contributed by atoms with Gasteiger partial charge in [0.1, 0.15) is 5.25 Å². The lowest BCUT2D eigenvalue weighted by atomic mass is 10.1. The molecule has 174 valence electrons. The number of hydrogen-bond donors (Lipinski definition) is 1. The van der Waals surface area contributed by atoms with Crippen molar-refractivity contribution in [2.75, 3.05) is 11.9 Å². The third-order valence-corrected chi connectivity index (χ3v) is 7.00. The molecule has 34 heavy (non-hydrogen) atoms. The number of amidine groups is 1. The normalized spacial score (nSPS) is 17.1. The van der Waals surface area contributed by atoms with Crippen LogP contribution in [0.1, 0.15) is 17.5 Å². The number of aliphatic imine (C=N–C) groups is 1. The van der Waals surface area contributed by atoms with E-state index in [1.54, 1.807) is 29.2 Å². The van der Waals surface area contributed by atoms with Crippen molar-refractivity contribution in [1.29, 1.82) is 0 Å². The fourth-order valence-corrected chi connectivity index (χ4v) is 4.90. The highest BCUT2D eigenvalue weighted by molar-refractivity contribution is 8.15. The lowest BCUT2D eigenvalue weighted by molar-refractivity contribution is -0.129. The van der Waals surface area contributed by atoms with Crippen LogP contribution in [0.5, 0.6) is 0 Å². The number of anilines is 1. The Morgan fingerprint density at radius 1 is 1.06 bits per heavy atom. The van der Waals surface area contributed by atoms with Gasteiger partial charge in [0.05, 0.1) is 5.69 Å². The average Bonchev–Trinajstić information content (AvgIpc) is 2.81. The SMILES string of the molecule is Cc1cccc(NC(=O)C2CC(=O)N(CCc3ccc(Cl)cc3)C(=Nc3ccc(Cl)cc3)S2)c1. The van der Waals surface area contributed by atoms with Crippen molar-refractivity contribution in [1.82, 2.24) is 4.90 Å². The second-order valence-electron chi connectivity index (χ2n) is 7.96. The van der Waals surface area contributed by atoms with Crippen LogP contribution >= 0.6 is 35.0 Å². The Morgan fingerprint density at radius 2 is 1.74 bits per heavy atom. The summed E-state index contributed by atoms with van der Waals surface area (Å²) >= 11 is 13.3. The Balaban J connectivity index is 1.55. The number of nitrogens with one attached hydrogen (secondary N) is 1. The Hall–Kier alpha value is -2.80. The Bertz CT molecular complexity index is 1210. The fourth-order valence-electron chi connectivity index (χ4n) is 3.52. The number of hydrogen-bond acceptors (Lipinski definition) is 4. The number of carbonyl (C=O) groups is 2. The van der Waals surface area contributed by atoms with Crippen molar-refractivity contribution >= 4 is 63.3 Å². The summed E-state index contributed by atoms with van der Waals surface area (Å²) in [7, 11) is 0. The van der Waals surface area contributed by atoms with E-state index in [1.165, 1.54) is 11.8 Å². The molecule has 3 aromatic carbocycles. The molecular formula is C26H23Cl2N3O2S. The molecule has 0 radical (unpaired) electrons. The number of rotatable bonds is 6. The van der Waals surface area contributed by atoms with Crippen LogP contribution in [0.25, 0.3) is 0 Å². The monoisotopic (exact) mass is 511 g/mol. The Kier molecular flexibility index (Phi) is 7.93. The van der Waals surface area contributed by atoms with Gasteiger partial charge in [0.2, 0.25) is 11.8 Å². The van der Waals surface area contributed by atoms with E-state index in [0.717, 1.165) is 11.1 Å². The van der Waals surface area contributed by atoms with Gasteiger partial charge in [0, 0.05) is 28.7 Å². The standard InChI is InChI=1S/C26H23Cl2N3O2S/c1-17-3-2-4-22(15-17)29-25(33)23-16-24(32)31(14-13-18-5-7-19(27)8-6-18)26(34-23)30-21-11-9-20(28)10-12-21/h2-12,15,23H,13-14,16H2,1H3,(H,29,33). The second kappa shape index (κ2) is 11.1. The minimum absolute atomic E-state index is 0.0998. The largest absolute Gasteiger partial charge is 0.325 e. The summed E-state index contributed by atoms with van der Waals surface area (Å²) in [5.74, 6) is -0.352. The summed E-state index contributed by atoms with van der Waals surface area (Å²) in [6, 6.07) is 22.2. The molecule has 2 amide bonds. The quantitative estimate of drug-likeness (QED) is 0.410. The van der Waals surface area contributed by atoms with E-state index in [-0.39, 0.29) is 18.2 Å². The number of aryl methyl sites for hydroxylation is 1. The summed E-state index contributed by atoms with van der Waals surface area (Å²) in [6.45, 7) is 2.41. The van der Waals surface area contributed by atoms with Crippen LogP contribution in [-0.2, 0) is 16.0 Å². The van der Waals surface area contributed by atoms with Crippen molar-refractivity contribution in [2.45, 2.75) is 25.0 Å². The summed E-state index contributed by atoms with van der Waals surface area (Å²) < 4.78 is 0. The number of thioether (sulfide) groups is 1. The maximum absolute atomic E-state index is 13.2. The molecule has 0 spiro atoms. The maximum atomic E-state index is 13.2. The van der Waals surface area contributed by atoms with Gasteiger partial charge >= 0.3 is 0 Å². The Morgan fingerprint density at radius 3 is 2.41 bits per heavy atom. The van der Waals surface area contributed by atoms with Crippen molar-refractivity contribution < 1.29 is 9.59 Å². The van der Waals surface area contributed by atoms with Gasteiger partial charge in [-0.3, -0.25) is 14.5 Å². The molecule has 0 aliphatic carbocycles. The van der Waals surface area contributed by atoms with Gasteiger partial charge in [-0.15, -0.1) is 0 Å². The van der Waals surface area contributed by atoms with Gasteiger partial charge in [-0.05, 0) is 73.0 Å². The number of carbonyl (C=O) groups excluding carboxylic acids is 2. The van der Waals surface area contributed by atoms with Crippen LogP contribution in [0.2, 0.25) is 10.0 Å². The van der Waals surface area contributed by atoms with Gasteiger partial charge in [0.15, 0.2) is 5.17 Å².